The van der Waals surface area contributed by atoms with Gasteiger partial charge in [0.25, 0.3) is 0 Å². The van der Waals surface area contributed by atoms with E-state index in [-0.39, 0.29) is 18.2 Å². The van der Waals surface area contributed by atoms with Crippen LogP contribution in [0, 0.1) is 0 Å². The van der Waals surface area contributed by atoms with Crippen molar-refractivity contribution in [1.29, 1.82) is 0 Å². The number of rotatable bonds is 6. The zero-order valence-corrected chi connectivity index (χ0v) is 16.1. The van der Waals surface area contributed by atoms with Gasteiger partial charge in [0.1, 0.15) is 12.2 Å². The van der Waals surface area contributed by atoms with Crippen molar-refractivity contribution >= 4 is 23.3 Å². The molecule has 0 radical (unpaired) electrons. The van der Waals surface area contributed by atoms with Gasteiger partial charge in [-0.1, -0.05) is 6.07 Å². The molecule has 1 aliphatic heterocycles. The molecule has 0 unspecified atom stereocenters. The number of amides is 2. The minimum Gasteiger partial charge on any atom is -0.493 e. The van der Waals surface area contributed by atoms with E-state index in [1.807, 2.05) is 18.2 Å². The number of nitrogens with zero attached hydrogens (tertiary/aromatic N) is 3. The van der Waals surface area contributed by atoms with Gasteiger partial charge < -0.3 is 24.6 Å². The molecular formula is C20H24N4O4. The quantitative estimate of drug-likeness (QED) is 0.765. The van der Waals surface area contributed by atoms with Gasteiger partial charge in [-0.15, -0.1) is 0 Å². The number of nitrogens with one attached hydrogen (secondary N) is 1. The second-order valence-corrected chi connectivity index (χ2v) is 6.35. The summed E-state index contributed by atoms with van der Waals surface area (Å²) in [5.74, 6) is 1.45. The molecule has 2 amide bonds. The zero-order valence-electron chi connectivity index (χ0n) is 16.1. The molecule has 1 saturated heterocycles. The normalized spacial score (nSPS) is 13.8. The smallest absolute Gasteiger partial charge is 0.233 e. The van der Waals surface area contributed by atoms with E-state index in [2.05, 4.69) is 15.2 Å². The molecule has 1 aromatic carbocycles. The molecule has 2 heterocycles. The third-order valence-electron chi connectivity index (χ3n) is 4.58. The first kappa shape index (κ1) is 19.5. The molecule has 28 heavy (non-hydrogen) atoms. The van der Waals surface area contributed by atoms with Crippen molar-refractivity contribution in [2.75, 3.05) is 50.6 Å². The summed E-state index contributed by atoms with van der Waals surface area (Å²) in [4.78, 5) is 32.9. The van der Waals surface area contributed by atoms with E-state index < -0.39 is 0 Å². The van der Waals surface area contributed by atoms with Crippen molar-refractivity contribution in [2.45, 2.75) is 6.42 Å². The largest absolute Gasteiger partial charge is 0.493 e. The predicted molar refractivity (Wildman–Crippen MR) is 106 cm³/mol. The van der Waals surface area contributed by atoms with Crippen molar-refractivity contribution in [3.05, 3.63) is 42.6 Å². The Hall–Kier alpha value is -3.29. The topological polar surface area (TPSA) is 84.0 Å². The van der Waals surface area contributed by atoms with E-state index in [1.165, 1.54) is 7.11 Å². The van der Waals surface area contributed by atoms with Crippen molar-refractivity contribution in [1.82, 2.24) is 9.88 Å². The van der Waals surface area contributed by atoms with Crippen LogP contribution in [0.3, 0.4) is 0 Å². The maximum atomic E-state index is 12.5. The van der Waals surface area contributed by atoms with Gasteiger partial charge in [0.05, 0.1) is 14.2 Å². The molecule has 2 aromatic rings. The molecule has 8 nitrogen and oxygen atoms in total. The molecule has 3 rings (SSSR count). The molecule has 0 atom stereocenters. The minimum atomic E-state index is -0.357. The predicted octanol–water partition coefficient (Wildman–Crippen LogP) is 1.78. The number of ether oxygens (including phenoxy) is 2. The highest BCUT2D eigenvalue weighted by atomic mass is 16.5. The lowest BCUT2D eigenvalue weighted by Crippen LogP contribution is -2.49. The maximum Gasteiger partial charge on any atom is 0.233 e. The van der Waals surface area contributed by atoms with Crippen LogP contribution < -0.4 is 19.7 Å². The molecular weight excluding hydrogens is 360 g/mol. The molecule has 1 fully saturated rings. The summed E-state index contributed by atoms with van der Waals surface area (Å²) in [5.41, 5.74) is 0.551. The van der Waals surface area contributed by atoms with Gasteiger partial charge in [-0.2, -0.15) is 0 Å². The highest BCUT2D eigenvalue weighted by Gasteiger charge is 2.23. The van der Waals surface area contributed by atoms with Crippen LogP contribution in [0.5, 0.6) is 11.5 Å². The first-order chi connectivity index (χ1) is 13.6. The number of hydrogen-bond donors (Lipinski definition) is 1. The van der Waals surface area contributed by atoms with Crippen molar-refractivity contribution in [3.8, 4) is 11.5 Å². The average molecular weight is 384 g/mol. The number of aromatic nitrogens is 1. The third kappa shape index (κ3) is 4.70. The maximum absolute atomic E-state index is 12.5. The van der Waals surface area contributed by atoms with Crippen molar-refractivity contribution in [3.63, 3.8) is 0 Å². The molecule has 0 saturated carbocycles. The van der Waals surface area contributed by atoms with Gasteiger partial charge in [-0.05, 0) is 24.3 Å². The fraction of sp³-hybridized carbons (Fsp3) is 0.350. The van der Waals surface area contributed by atoms with E-state index in [9.17, 15) is 9.59 Å². The van der Waals surface area contributed by atoms with Crippen LogP contribution in [0.2, 0.25) is 0 Å². The Bertz CT molecular complexity index is 820. The Morgan fingerprint density at radius 2 is 1.79 bits per heavy atom. The Kier molecular flexibility index (Phi) is 6.31. The Morgan fingerprint density at radius 1 is 1.04 bits per heavy atom. The van der Waals surface area contributed by atoms with E-state index in [0.29, 0.717) is 43.4 Å². The van der Waals surface area contributed by atoms with Gasteiger partial charge in [0.15, 0.2) is 11.5 Å². The molecule has 148 valence electrons. The SMILES string of the molecule is COc1ccc(NC(=O)CC(=O)N2CCN(c3ccccn3)CC2)cc1OC. The van der Waals surface area contributed by atoms with Gasteiger partial charge in [-0.25, -0.2) is 4.98 Å². The number of methoxy groups -OCH3 is 2. The Morgan fingerprint density at radius 3 is 2.43 bits per heavy atom. The summed E-state index contributed by atoms with van der Waals surface area (Å²) in [6.45, 7) is 2.53. The van der Waals surface area contributed by atoms with Crippen LogP contribution in [0.25, 0.3) is 0 Å². The van der Waals surface area contributed by atoms with E-state index in [4.69, 9.17) is 9.47 Å². The van der Waals surface area contributed by atoms with Gasteiger partial charge in [0.2, 0.25) is 11.8 Å². The standard InChI is InChI=1S/C20H24N4O4/c1-27-16-7-6-15(13-17(16)28-2)22-19(25)14-20(26)24-11-9-23(10-12-24)18-5-3-4-8-21-18/h3-8,13H,9-12,14H2,1-2H3,(H,22,25). The highest BCUT2D eigenvalue weighted by molar-refractivity contribution is 6.03. The van der Waals surface area contributed by atoms with Crippen LogP contribution in [0.15, 0.2) is 42.6 Å². The van der Waals surface area contributed by atoms with Gasteiger partial charge in [-0.3, -0.25) is 9.59 Å². The molecule has 0 bridgehead atoms. The molecule has 0 spiro atoms. The van der Waals surface area contributed by atoms with Crippen LogP contribution in [0.1, 0.15) is 6.42 Å². The Balaban J connectivity index is 1.50. The second-order valence-electron chi connectivity index (χ2n) is 6.35. The lowest BCUT2D eigenvalue weighted by Gasteiger charge is -2.35. The molecule has 1 aliphatic rings. The van der Waals surface area contributed by atoms with Crippen LogP contribution >= 0.6 is 0 Å². The summed E-state index contributed by atoms with van der Waals surface area (Å²) in [6, 6.07) is 10.8. The average Bonchev–Trinajstić information content (AvgIpc) is 2.74. The van der Waals surface area contributed by atoms with Crippen LogP contribution in [-0.2, 0) is 9.59 Å². The first-order valence-electron chi connectivity index (χ1n) is 9.06. The lowest BCUT2D eigenvalue weighted by atomic mass is 10.2. The number of anilines is 2. The summed E-state index contributed by atoms with van der Waals surface area (Å²) < 4.78 is 10.4. The number of carbonyl (C=O) groups excluding carboxylic acids is 2. The van der Waals surface area contributed by atoms with Crippen molar-refractivity contribution < 1.29 is 19.1 Å². The molecule has 0 aliphatic carbocycles. The van der Waals surface area contributed by atoms with Crippen LogP contribution in [-0.4, -0.2) is 62.1 Å². The Labute approximate surface area is 164 Å². The monoisotopic (exact) mass is 384 g/mol. The lowest BCUT2D eigenvalue weighted by molar-refractivity contribution is -0.134. The second kappa shape index (κ2) is 9.07. The molecule has 1 N–H and O–H groups in total. The number of carbonyl (C=O) groups is 2. The number of pyridine rings is 1. The summed E-state index contributed by atoms with van der Waals surface area (Å²) in [5, 5.41) is 2.73. The first-order valence-corrected chi connectivity index (χ1v) is 9.06. The van der Waals surface area contributed by atoms with Gasteiger partial charge in [0, 0.05) is 44.1 Å². The highest BCUT2D eigenvalue weighted by Crippen LogP contribution is 2.29. The number of hydrogen-bond acceptors (Lipinski definition) is 6. The minimum absolute atomic E-state index is 0.182. The van der Waals surface area contributed by atoms with E-state index >= 15 is 0 Å². The third-order valence-corrected chi connectivity index (χ3v) is 4.58. The molecule has 1 aromatic heterocycles. The zero-order chi connectivity index (χ0) is 19.9. The fourth-order valence-electron chi connectivity index (χ4n) is 3.09. The van der Waals surface area contributed by atoms with Gasteiger partial charge >= 0.3 is 0 Å². The summed E-state index contributed by atoms with van der Waals surface area (Å²) in [7, 11) is 3.07. The van der Waals surface area contributed by atoms with Crippen molar-refractivity contribution in [2.24, 2.45) is 0 Å². The number of benzene rings is 1. The summed E-state index contributed by atoms with van der Waals surface area (Å²) in [6.07, 6.45) is 1.56. The van der Waals surface area contributed by atoms with E-state index in [0.717, 1.165) is 5.82 Å². The fourth-order valence-corrected chi connectivity index (χ4v) is 3.09. The molecule has 8 heteroatoms. The number of piperazine rings is 1. The van der Waals surface area contributed by atoms with Crippen LogP contribution in [0.4, 0.5) is 11.5 Å². The summed E-state index contributed by atoms with van der Waals surface area (Å²) >= 11 is 0. The van der Waals surface area contributed by atoms with E-state index in [1.54, 1.807) is 36.4 Å².